The highest BCUT2D eigenvalue weighted by molar-refractivity contribution is 5.80. The Kier molecular flexibility index (Phi) is 8.81. The number of rotatable bonds is 8. The minimum atomic E-state index is 0.292. The van der Waals surface area contributed by atoms with Crippen LogP contribution in [-0.4, -0.2) is 74.6 Å². The van der Waals surface area contributed by atoms with Crippen molar-refractivity contribution in [2.75, 3.05) is 52.9 Å². The van der Waals surface area contributed by atoms with Crippen molar-refractivity contribution in [2.24, 2.45) is 10.9 Å². The molecule has 2 N–H and O–H groups in total. The highest BCUT2D eigenvalue weighted by Crippen LogP contribution is 2.26. The van der Waals surface area contributed by atoms with Crippen molar-refractivity contribution < 1.29 is 9.53 Å². The van der Waals surface area contributed by atoms with E-state index >= 15 is 0 Å². The Morgan fingerprint density at radius 3 is 2.57 bits per heavy atom. The molecule has 0 unspecified atom stereocenters. The first-order chi connectivity index (χ1) is 14.7. The van der Waals surface area contributed by atoms with Crippen LogP contribution < -0.4 is 15.4 Å². The molecule has 30 heavy (non-hydrogen) atoms. The maximum absolute atomic E-state index is 12.6. The Morgan fingerprint density at radius 2 is 1.87 bits per heavy atom. The van der Waals surface area contributed by atoms with Gasteiger partial charge >= 0.3 is 0 Å². The van der Waals surface area contributed by atoms with E-state index in [0.717, 1.165) is 69.4 Å². The number of aliphatic imine (C=N–C) groups is 1. The molecule has 0 spiro atoms. The predicted molar refractivity (Wildman–Crippen MR) is 121 cm³/mol. The van der Waals surface area contributed by atoms with Crippen molar-refractivity contribution in [3.8, 4) is 5.75 Å². The number of nitrogens with zero attached hydrogens (tertiary/aromatic N) is 3. The van der Waals surface area contributed by atoms with Crippen LogP contribution in [-0.2, 0) is 11.3 Å². The van der Waals surface area contributed by atoms with E-state index in [-0.39, 0.29) is 0 Å². The summed E-state index contributed by atoms with van der Waals surface area (Å²) in [6.45, 7) is 8.70. The number of nitrogens with one attached hydrogen (secondary N) is 2. The third kappa shape index (κ3) is 6.36. The van der Waals surface area contributed by atoms with Gasteiger partial charge < -0.3 is 20.3 Å². The number of amides is 1. The van der Waals surface area contributed by atoms with Gasteiger partial charge in [-0.25, -0.2) is 0 Å². The van der Waals surface area contributed by atoms with Gasteiger partial charge in [0.05, 0.1) is 6.61 Å². The zero-order valence-corrected chi connectivity index (χ0v) is 18.5. The SMILES string of the molecule is CCOc1ccccc1CNC(=NC)NCCN1CCN(C(=O)C2CCCC2)CC1. The summed E-state index contributed by atoms with van der Waals surface area (Å²) >= 11 is 0. The first kappa shape index (κ1) is 22.4. The van der Waals surface area contributed by atoms with Gasteiger partial charge in [0, 0.05) is 64.3 Å². The van der Waals surface area contributed by atoms with Crippen molar-refractivity contribution in [3.05, 3.63) is 29.8 Å². The molecule has 1 aromatic rings. The first-order valence-electron chi connectivity index (χ1n) is 11.4. The number of hydrogen-bond donors (Lipinski definition) is 2. The van der Waals surface area contributed by atoms with Gasteiger partial charge in [0.15, 0.2) is 5.96 Å². The average Bonchev–Trinajstić information content (AvgIpc) is 3.32. The minimum Gasteiger partial charge on any atom is -0.494 e. The van der Waals surface area contributed by atoms with Crippen LogP contribution in [0.5, 0.6) is 5.75 Å². The number of ether oxygens (including phenoxy) is 1. The molecule has 7 heteroatoms. The summed E-state index contributed by atoms with van der Waals surface area (Å²) in [7, 11) is 1.79. The maximum atomic E-state index is 12.6. The van der Waals surface area contributed by atoms with Gasteiger partial charge in [0.25, 0.3) is 0 Å². The number of carbonyl (C=O) groups is 1. The molecule has 1 aliphatic heterocycles. The lowest BCUT2D eigenvalue weighted by Crippen LogP contribution is -2.51. The van der Waals surface area contributed by atoms with E-state index in [2.05, 4.69) is 31.5 Å². The van der Waals surface area contributed by atoms with Crippen LogP contribution in [0.4, 0.5) is 0 Å². The summed E-state index contributed by atoms with van der Waals surface area (Å²) in [6.07, 6.45) is 4.61. The van der Waals surface area contributed by atoms with Gasteiger partial charge in [-0.1, -0.05) is 31.0 Å². The molecule has 3 rings (SSSR count). The number of carbonyl (C=O) groups excluding carboxylic acids is 1. The van der Waals surface area contributed by atoms with E-state index in [4.69, 9.17) is 4.74 Å². The van der Waals surface area contributed by atoms with Gasteiger partial charge in [-0.3, -0.25) is 14.7 Å². The fraction of sp³-hybridized carbons (Fsp3) is 0.652. The molecule has 1 saturated heterocycles. The maximum Gasteiger partial charge on any atom is 0.225 e. The van der Waals surface area contributed by atoms with Gasteiger partial charge in [-0.2, -0.15) is 0 Å². The summed E-state index contributed by atoms with van der Waals surface area (Å²) in [5, 5.41) is 6.76. The summed E-state index contributed by atoms with van der Waals surface area (Å²) in [6, 6.07) is 8.07. The van der Waals surface area contributed by atoms with E-state index in [9.17, 15) is 4.79 Å². The zero-order valence-electron chi connectivity index (χ0n) is 18.5. The Labute approximate surface area is 180 Å². The Bertz CT molecular complexity index is 695. The van der Waals surface area contributed by atoms with Crippen LogP contribution in [0.15, 0.2) is 29.3 Å². The number of para-hydroxylation sites is 1. The summed E-state index contributed by atoms with van der Waals surface area (Å²) in [4.78, 5) is 21.4. The Morgan fingerprint density at radius 1 is 1.13 bits per heavy atom. The van der Waals surface area contributed by atoms with Crippen molar-refractivity contribution in [1.82, 2.24) is 20.4 Å². The van der Waals surface area contributed by atoms with Gasteiger partial charge in [-0.15, -0.1) is 0 Å². The summed E-state index contributed by atoms with van der Waals surface area (Å²) in [5.74, 6) is 2.38. The highest BCUT2D eigenvalue weighted by atomic mass is 16.5. The number of benzene rings is 1. The molecule has 2 aliphatic rings. The molecule has 1 aromatic carbocycles. The van der Waals surface area contributed by atoms with Crippen LogP contribution in [0.1, 0.15) is 38.2 Å². The number of hydrogen-bond acceptors (Lipinski definition) is 4. The fourth-order valence-corrected chi connectivity index (χ4v) is 4.30. The predicted octanol–water partition coefficient (Wildman–Crippen LogP) is 2.08. The molecule has 2 fully saturated rings. The lowest BCUT2D eigenvalue weighted by molar-refractivity contribution is -0.137. The number of piperazine rings is 1. The molecular weight excluding hydrogens is 378 g/mol. The van der Waals surface area contributed by atoms with Crippen molar-refractivity contribution in [1.29, 1.82) is 0 Å². The molecule has 1 aliphatic carbocycles. The second-order valence-electron chi connectivity index (χ2n) is 8.04. The van der Waals surface area contributed by atoms with Gasteiger partial charge in [-0.05, 0) is 25.8 Å². The van der Waals surface area contributed by atoms with E-state index < -0.39 is 0 Å². The molecule has 0 atom stereocenters. The molecule has 1 amide bonds. The zero-order chi connectivity index (χ0) is 21.2. The molecule has 0 radical (unpaired) electrons. The second-order valence-corrected chi connectivity index (χ2v) is 8.04. The Hall–Kier alpha value is -2.28. The minimum absolute atomic E-state index is 0.292. The third-order valence-electron chi connectivity index (χ3n) is 6.05. The van der Waals surface area contributed by atoms with Crippen molar-refractivity contribution in [3.63, 3.8) is 0 Å². The molecular formula is C23H37N5O2. The van der Waals surface area contributed by atoms with E-state index in [1.807, 2.05) is 25.1 Å². The van der Waals surface area contributed by atoms with Crippen molar-refractivity contribution in [2.45, 2.75) is 39.2 Å². The monoisotopic (exact) mass is 415 g/mol. The standard InChI is InChI=1S/C23H37N5O2/c1-3-30-21-11-7-6-10-20(21)18-26-23(24-2)25-12-13-27-14-16-28(17-15-27)22(29)19-8-4-5-9-19/h6-7,10-11,19H,3-5,8-9,12-18H2,1-2H3,(H2,24,25,26). The summed E-state index contributed by atoms with van der Waals surface area (Å²) in [5.41, 5.74) is 1.12. The molecule has 0 bridgehead atoms. The first-order valence-corrected chi connectivity index (χ1v) is 11.4. The van der Waals surface area contributed by atoms with Crippen molar-refractivity contribution >= 4 is 11.9 Å². The molecule has 0 aromatic heterocycles. The highest BCUT2D eigenvalue weighted by Gasteiger charge is 2.29. The lowest BCUT2D eigenvalue weighted by atomic mass is 10.1. The smallest absolute Gasteiger partial charge is 0.225 e. The molecule has 1 saturated carbocycles. The largest absolute Gasteiger partial charge is 0.494 e. The second kappa shape index (κ2) is 11.8. The lowest BCUT2D eigenvalue weighted by Gasteiger charge is -2.36. The average molecular weight is 416 g/mol. The topological polar surface area (TPSA) is 69.2 Å². The fourth-order valence-electron chi connectivity index (χ4n) is 4.30. The van der Waals surface area contributed by atoms with E-state index in [1.165, 1.54) is 12.8 Å². The van der Waals surface area contributed by atoms with Crippen LogP contribution in [0, 0.1) is 5.92 Å². The van der Waals surface area contributed by atoms with E-state index in [0.29, 0.717) is 25.0 Å². The van der Waals surface area contributed by atoms with Crippen LogP contribution in [0.3, 0.4) is 0 Å². The van der Waals surface area contributed by atoms with Crippen LogP contribution in [0.2, 0.25) is 0 Å². The van der Waals surface area contributed by atoms with Crippen LogP contribution >= 0.6 is 0 Å². The quantitative estimate of drug-likeness (QED) is 0.503. The molecule has 1 heterocycles. The van der Waals surface area contributed by atoms with Crippen LogP contribution in [0.25, 0.3) is 0 Å². The van der Waals surface area contributed by atoms with Gasteiger partial charge in [0.1, 0.15) is 5.75 Å². The normalized spacial score (nSPS) is 18.5. The van der Waals surface area contributed by atoms with E-state index in [1.54, 1.807) is 7.05 Å². The van der Waals surface area contributed by atoms with Gasteiger partial charge in [0.2, 0.25) is 5.91 Å². The number of guanidine groups is 1. The molecule has 166 valence electrons. The third-order valence-corrected chi connectivity index (χ3v) is 6.05. The Balaban J connectivity index is 1.35. The molecule has 7 nitrogen and oxygen atoms in total. The summed E-state index contributed by atoms with van der Waals surface area (Å²) < 4.78 is 5.69.